The normalized spacial score (nSPS) is 17.8. The number of benzene rings is 2. The van der Waals surface area contributed by atoms with Crippen LogP contribution in [0.25, 0.3) is 0 Å². The predicted octanol–water partition coefficient (Wildman–Crippen LogP) is 3.08. The van der Waals surface area contributed by atoms with Crippen molar-refractivity contribution in [3.63, 3.8) is 0 Å². The minimum atomic E-state index is -0.743. The van der Waals surface area contributed by atoms with Gasteiger partial charge in [-0.1, -0.05) is 42.5 Å². The van der Waals surface area contributed by atoms with Crippen LogP contribution in [0.3, 0.4) is 0 Å². The molecule has 0 amide bonds. The van der Waals surface area contributed by atoms with Gasteiger partial charge >= 0.3 is 0 Å². The summed E-state index contributed by atoms with van der Waals surface area (Å²) in [4.78, 5) is 12.6. The van der Waals surface area contributed by atoms with E-state index in [2.05, 4.69) is 4.90 Å². The quantitative estimate of drug-likeness (QED) is 0.696. The van der Waals surface area contributed by atoms with Gasteiger partial charge in [0.15, 0.2) is 0 Å². The molecular formula is C18H20N2O3. The van der Waals surface area contributed by atoms with E-state index in [-0.39, 0.29) is 10.6 Å². The number of nitro benzene ring substituents is 1. The number of rotatable bonds is 4. The highest BCUT2D eigenvalue weighted by atomic mass is 16.6. The van der Waals surface area contributed by atoms with Crippen molar-refractivity contribution < 1.29 is 10.0 Å². The van der Waals surface area contributed by atoms with E-state index in [9.17, 15) is 15.2 Å². The van der Waals surface area contributed by atoms with Crippen LogP contribution in [0.4, 0.5) is 5.69 Å². The van der Waals surface area contributed by atoms with Gasteiger partial charge in [0.2, 0.25) is 0 Å². The summed E-state index contributed by atoms with van der Waals surface area (Å²) in [6, 6.07) is 16.5. The molecule has 0 aliphatic carbocycles. The maximum Gasteiger partial charge on any atom is 0.269 e. The van der Waals surface area contributed by atoms with Gasteiger partial charge in [-0.25, -0.2) is 0 Å². The lowest BCUT2D eigenvalue weighted by molar-refractivity contribution is -0.384. The van der Waals surface area contributed by atoms with Crippen LogP contribution in [-0.2, 0) is 12.1 Å². The van der Waals surface area contributed by atoms with Crippen molar-refractivity contribution in [2.75, 3.05) is 13.1 Å². The van der Waals surface area contributed by atoms with Gasteiger partial charge in [0.05, 0.1) is 10.5 Å². The number of aliphatic hydroxyl groups is 1. The highest BCUT2D eigenvalue weighted by molar-refractivity contribution is 5.33. The molecule has 1 aliphatic rings. The van der Waals surface area contributed by atoms with Gasteiger partial charge in [0, 0.05) is 31.8 Å². The second kappa shape index (κ2) is 6.48. The first-order valence-corrected chi connectivity index (χ1v) is 7.80. The molecular weight excluding hydrogens is 292 g/mol. The van der Waals surface area contributed by atoms with Crippen molar-refractivity contribution in [3.05, 3.63) is 75.8 Å². The van der Waals surface area contributed by atoms with Crippen LogP contribution < -0.4 is 0 Å². The average Bonchev–Trinajstić information content (AvgIpc) is 2.58. The molecule has 23 heavy (non-hydrogen) atoms. The SMILES string of the molecule is O=[N+]([O-])c1ccc(CN2CCC(O)(c3ccccc3)CC2)cc1. The van der Waals surface area contributed by atoms with E-state index < -0.39 is 5.60 Å². The highest BCUT2D eigenvalue weighted by Crippen LogP contribution is 2.33. The van der Waals surface area contributed by atoms with Crippen LogP contribution in [0.2, 0.25) is 0 Å². The van der Waals surface area contributed by atoms with E-state index >= 15 is 0 Å². The molecule has 0 atom stereocenters. The van der Waals surface area contributed by atoms with Gasteiger partial charge in [-0.2, -0.15) is 0 Å². The summed E-state index contributed by atoms with van der Waals surface area (Å²) < 4.78 is 0. The van der Waals surface area contributed by atoms with Crippen molar-refractivity contribution in [2.24, 2.45) is 0 Å². The lowest BCUT2D eigenvalue weighted by Gasteiger charge is -2.38. The van der Waals surface area contributed by atoms with Gasteiger partial charge in [-0.05, 0) is 24.0 Å². The van der Waals surface area contributed by atoms with Crippen LogP contribution in [-0.4, -0.2) is 28.0 Å². The predicted molar refractivity (Wildman–Crippen MR) is 87.9 cm³/mol. The number of hydrogen-bond donors (Lipinski definition) is 1. The Balaban J connectivity index is 1.60. The molecule has 0 spiro atoms. The average molecular weight is 312 g/mol. The summed E-state index contributed by atoms with van der Waals surface area (Å²) >= 11 is 0. The van der Waals surface area contributed by atoms with Crippen molar-refractivity contribution in [1.29, 1.82) is 0 Å². The molecule has 1 saturated heterocycles. The third-order valence-electron chi connectivity index (χ3n) is 4.55. The molecule has 1 heterocycles. The topological polar surface area (TPSA) is 66.6 Å². The molecule has 2 aromatic rings. The van der Waals surface area contributed by atoms with Gasteiger partial charge in [0.1, 0.15) is 0 Å². The van der Waals surface area contributed by atoms with E-state index in [1.54, 1.807) is 24.3 Å². The Labute approximate surface area is 135 Å². The fraction of sp³-hybridized carbons (Fsp3) is 0.333. The number of nitrogens with zero attached hydrogens (tertiary/aromatic N) is 2. The monoisotopic (exact) mass is 312 g/mol. The van der Waals surface area contributed by atoms with Crippen LogP contribution in [0.15, 0.2) is 54.6 Å². The van der Waals surface area contributed by atoms with E-state index in [1.807, 2.05) is 30.3 Å². The number of hydrogen-bond acceptors (Lipinski definition) is 4. The number of likely N-dealkylation sites (tertiary alicyclic amines) is 1. The third-order valence-corrected chi connectivity index (χ3v) is 4.55. The Morgan fingerprint density at radius 3 is 2.22 bits per heavy atom. The van der Waals surface area contributed by atoms with E-state index in [0.29, 0.717) is 12.8 Å². The van der Waals surface area contributed by atoms with E-state index in [0.717, 1.165) is 30.8 Å². The summed E-state index contributed by atoms with van der Waals surface area (Å²) in [5.74, 6) is 0. The highest BCUT2D eigenvalue weighted by Gasteiger charge is 2.33. The fourth-order valence-corrected chi connectivity index (χ4v) is 3.10. The summed E-state index contributed by atoms with van der Waals surface area (Å²) in [6.07, 6.45) is 1.40. The maximum absolute atomic E-state index is 10.8. The summed E-state index contributed by atoms with van der Waals surface area (Å²) in [5, 5.41) is 21.5. The van der Waals surface area contributed by atoms with Crippen molar-refractivity contribution in [2.45, 2.75) is 25.0 Å². The van der Waals surface area contributed by atoms with Crippen LogP contribution >= 0.6 is 0 Å². The lowest BCUT2D eigenvalue weighted by Crippen LogP contribution is -2.42. The molecule has 5 heteroatoms. The van der Waals surface area contributed by atoms with Crippen molar-refractivity contribution in [3.8, 4) is 0 Å². The first kappa shape index (κ1) is 15.6. The fourth-order valence-electron chi connectivity index (χ4n) is 3.10. The minimum Gasteiger partial charge on any atom is -0.385 e. The van der Waals surface area contributed by atoms with Gasteiger partial charge < -0.3 is 5.11 Å². The zero-order valence-electron chi connectivity index (χ0n) is 12.9. The largest absolute Gasteiger partial charge is 0.385 e. The van der Waals surface area contributed by atoms with Gasteiger partial charge in [-0.15, -0.1) is 0 Å². The zero-order valence-corrected chi connectivity index (χ0v) is 12.9. The number of nitro groups is 1. The zero-order chi connectivity index (χ0) is 16.3. The molecule has 3 rings (SSSR count). The molecule has 1 fully saturated rings. The molecule has 1 N–H and O–H groups in total. The van der Waals surface area contributed by atoms with Crippen LogP contribution in [0, 0.1) is 10.1 Å². The molecule has 5 nitrogen and oxygen atoms in total. The smallest absolute Gasteiger partial charge is 0.269 e. The Morgan fingerprint density at radius 2 is 1.65 bits per heavy atom. The van der Waals surface area contributed by atoms with Crippen molar-refractivity contribution in [1.82, 2.24) is 4.90 Å². The Kier molecular flexibility index (Phi) is 4.41. The molecule has 1 aliphatic heterocycles. The third kappa shape index (κ3) is 3.57. The molecule has 0 radical (unpaired) electrons. The van der Waals surface area contributed by atoms with Crippen molar-refractivity contribution >= 4 is 5.69 Å². The van der Waals surface area contributed by atoms with Gasteiger partial charge in [0.25, 0.3) is 5.69 Å². The number of piperidine rings is 1. The first-order valence-electron chi connectivity index (χ1n) is 7.80. The lowest BCUT2D eigenvalue weighted by atomic mass is 9.84. The minimum absolute atomic E-state index is 0.117. The molecule has 0 saturated carbocycles. The standard InChI is InChI=1S/C18H20N2O3/c21-18(16-4-2-1-3-5-16)10-12-19(13-11-18)14-15-6-8-17(9-7-15)20(22)23/h1-9,21H,10-14H2. The second-order valence-electron chi connectivity index (χ2n) is 6.10. The van der Waals surface area contributed by atoms with E-state index in [1.165, 1.54) is 0 Å². The summed E-state index contributed by atoms with van der Waals surface area (Å²) in [5.41, 5.74) is 1.41. The first-order chi connectivity index (χ1) is 11.1. The van der Waals surface area contributed by atoms with E-state index in [4.69, 9.17) is 0 Å². The molecule has 0 aromatic heterocycles. The van der Waals surface area contributed by atoms with Crippen LogP contribution in [0.1, 0.15) is 24.0 Å². The Bertz CT molecular complexity index is 662. The Morgan fingerprint density at radius 1 is 1.04 bits per heavy atom. The molecule has 2 aromatic carbocycles. The van der Waals surface area contributed by atoms with Crippen LogP contribution in [0.5, 0.6) is 0 Å². The summed E-state index contributed by atoms with van der Waals surface area (Å²) in [7, 11) is 0. The summed E-state index contributed by atoms with van der Waals surface area (Å²) in [6.45, 7) is 2.37. The molecule has 0 bridgehead atoms. The molecule has 0 unspecified atom stereocenters. The number of non-ortho nitro benzene ring substituents is 1. The Hall–Kier alpha value is -2.24. The van der Waals surface area contributed by atoms with Gasteiger partial charge in [-0.3, -0.25) is 15.0 Å². The second-order valence-corrected chi connectivity index (χ2v) is 6.10. The molecule has 120 valence electrons. The maximum atomic E-state index is 10.8.